The number of benzene rings is 1. The maximum absolute atomic E-state index is 13.3. The second-order valence-electron chi connectivity index (χ2n) is 8.49. The second kappa shape index (κ2) is 6.32. The van der Waals surface area contributed by atoms with E-state index in [1.807, 2.05) is 45.0 Å². The zero-order chi connectivity index (χ0) is 19.3. The van der Waals surface area contributed by atoms with Crippen LogP contribution in [0.4, 0.5) is 5.69 Å². The maximum atomic E-state index is 13.3. The molecule has 2 heterocycles. The van der Waals surface area contributed by atoms with Gasteiger partial charge in [-0.15, -0.1) is 0 Å². The number of hydrogen-bond donors (Lipinski definition) is 0. The van der Waals surface area contributed by atoms with Crippen molar-refractivity contribution in [3.8, 4) is 0 Å². The van der Waals surface area contributed by atoms with Crippen molar-refractivity contribution in [2.75, 3.05) is 11.4 Å². The Hall–Kier alpha value is -2.43. The molecule has 2 aliphatic heterocycles. The molecule has 0 unspecified atom stereocenters. The monoisotopic (exact) mass is 366 g/mol. The minimum Gasteiger partial charge on any atom is -0.301 e. The van der Waals surface area contributed by atoms with Crippen molar-refractivity contribution in [1.82, 2.24) is 4.90 Å². The third-order valence-corrected chi connectivity index (χ3v) is 6.19. The predicted molar refractivity (Wildman–Crippen MR) is 104 cm³/mol. The number of allylic oxidation sites excluding steroid dienone is 1. The number of carbonyl (C=O) groups is 3. The van der Waals surface area contributed by atoms with Crippen LogP contribution in [0.25, 0.3) is 5.57 Å². The van der Waals surface area contributed by atoms with E-state index in [4.69, 9.17) is 0 Å². The lowest BCUT2D eigenvalue weighted by molar-refractivity contribution is -0.143. The summed E-state index contributed by atoms with van der Waals surface area (Å²) in [7, 11) is 0. The van der Waals surface area contributed by atoms with Crippen LogP contribution in [0, 0.1) is 11.8 Å². The summed E-state index contributed by atoms with van der Waals surface area (Å²) in [4.78, 5) is 41.7. The fourth-order valence-electron chi connectivity index (χ4n) is 5.03. The third kappa shape index (κ3) is 2.80. The number of likely N-dealkylation sites (tertiary alicyclic amines) is 1. The lowest BCUT2D eigenvalue weighted by atomic mass is 9.81. The van der Waals surface area contributed by atoms with Crippen LogP contribution in [0.3, 0.4) is 0 Å². The molecule has 27 heavy (non-hydrogen) atoms. The summed E-state index contributed by atoms with van der Waals surface area (Å²) >= 11 is 0. The van der Waals surface area contributed by atoms with Gasteiger partial charge in [-0.3, -0.25) is 19.3 Å². The highest BCUT2D eigenvalue weighted by molar-refractivity contribution is 6.10. The van der Waals surface area contributed by atoms with E-state index in [0.29, 0.717) is 0 Å². The van der Waals surface area contributed by atoms with E-state index >= 15 is 0 Å². The fraction of sp³-hybridized carbons (Fsp3) is 0.500. The molecule has 1 saturated carbocycles. The van der Waals surface area contributed by atoms with Gasteiger partial charge < -0.3 is 4.90 Å². The summed E-state index contributed by atoms with van der Waals surface area (Å²) in [6.07, 6.45) is 5.57. The van der Waals surface area contributed by atoms with Gasteiger partial charge in [-0.25, -0.2) is 0 Å². The lowest BCUT2D eigenvalue weighted by Crippen LogP contribution is -2.53. The van der Waals surface area contributed by atoms with Crippen LogP contribution in [0.15, 0.2) is 30.3 Å². The van der Waals surface area contributed by atoms with Gasteiger partial charge in [0.2, 0.25) is 17.7 Å². The first-order chi connectivity index (χ1) is 12.8. The highest BCUT2D eigenvalue weighted by Gasteiger charge is 2.49. The van der Waals surface area contributed by atoms with Crippen molar-refractivity contribution >= 4 is 29.0 Å². The summed E-state index contributed by atoms with van der Waals surface area (Å²) < 4.78 is 0. The Morgan fingerprint density at radius 3 is 2.30 bits per heavy atom. The molecule has 3 aliphatic rings. The first-order valence-electron chi connectivity index (χ1n) is 9.78. The van der Waals surface area contributed by atoms with Gasteiger partial charge in [0, 0.05) is 5.56 Å². The highest BCUT2D eigenvalue weighted by atomic mass is 16.2. The molecule has 3 amide bonds. The predicted octanol–water partition coefficient (Wildman–Crippen LogP) is 3.39. The van der Waals surface area contributed by atoms with Crippen molar-refractivity contribution in [3.05, 3.63) is 35.9 Å². The van der Waals surface area contributed by atoms with Gasteiger partial charge in [0.15, 0.2) is 0 Å². The molecule has 5 heteroatoms. The number of anilines is 1. The number of nitrogens with zero attached hydrogens (tertiary/aromatic N) is 2. The number of rotatable bonds is 2. The van der Waals surface area contributed by atoms with Crippen molar-refractivity contribution in [2.45, 2.75) is 52.0 Å². The largest absolute Gasteiger partial charge is 0.301 e. The zero-order valence-electron chi connectivity index (χ0n) is 16.2. The molecular weight excluding hydrogens is 340 g/mol. The molecule has 0 aromatic heterocycles. The molecule has 1 saturated heterocycles. The number of hydrogen-bond acceptors (Lipinski definition) is 3. The van der Waals surface area contributed by atoms with Crippen LogP contribution in [0.2, 0.25) is 0 Å². The third-order valence-electron chi connectivity index (χ3n) is 6.19. The lowest BCUT2D eigenvalue weighted by Gasteiger charge is -2.42. The van der Waals surface area contributed by atoms with Crippen LogP contribution in [0.5, 0.6) is 0 Å². The van der Waals surface area contributed by atoms with E-state index in [9.17, 15) is 14.4 Å². The van der Waals surface area contributed by atoms with Gasteiger partial charge in [0.05, 0.1) is 23.1 Å². The topological polar surface area (TPSA) is 57.7 Å². The number of amides is 3. The minimum absolute atomic E-state index is 0.159. The number of carbonyl (C=O) groups excluding carboxylic acids is 3. The van der Waals surface area contributed by atoms with Crippen LogP contribution in [0.1, 0.15) is 52.0 Å². The van der Waals surface area contributed by atoms with Crippen molar-refractivity contribution in [3.63, 3.8) is 0 Å². The molecule has 2 atom stereocenters. The van der Waals surface area contributed by atoms with E-state index in [1.165, 1.54) is 4.90 Å². The molecule has 0 radical (unpaired) electrons. The Morgan fingerprint density at radius 1 is 1.07 bits per heavy atom. The highest BCUT2D eigenvalue weighted by Crippen LogP contribution is 2.40. The number of para-hydroxylation sites is 1. The van der Waals surface area contributed by atoms with Gasteiger partial charge in [-0.2, -0.15) is 0 Å². The SMILES string of the molecule is CC1=CC(C)(C)N(C(=O)CN2C(=O)[C@H]3CCCC[C@@H]3C2=O)c2ccccc21. The van der Waals surface area contributed by atoms with Gasteiger partial charge >= 0.3 is 0 Å². The average Bonchev–Trinajstić information content (AvgIpc) is 2.86. The van der Waals surface area contributed by atoms with Crippen molar-refractivity contribution < 1.29 is 14.4 Å². The molecule has 1 aromatic carbocycles. The summed E-state index contributed by atoms with van der Waals surface area (Å²) in [5.74, 6) is -0.969. The molecule has 0 spiro atoms. The molecular formula is C22H26N2O3. The maximum Gasteiger partial charge on any atom is 0.247 e. The second-order valence-corrected chi connectivity index (χ2v) is 8.49. The van der Waals surface area contributed by atoms with E-state index < -0.39 is 5.54 Å². The van der Waals surface area contributed by atoms with Crippen LogP contribution in [-0.2, 0) is 14.4 Å². The normalized spacial score (nSPS) is 26.6. The number of imide groups is 1. The molecule has 1 aliphatic carbocycles. The van der Waals surface area contributed by atoms with E-state index in [0.717, 1.165) is 42.5 Å². The molecule has 5 nitrogen and oxygen atoms in total. The van der Waals surface area contributed by atoms with E-state index in [-0.39, 0.29) is 36.1 Å². The molecule has 0 N–H and O–H groups in total. The molecule has 142 valence electrons. The Bertz CT molecular complexity index is 831. The summed E-state index contributed by atoms with van der Waals surface area (Å²) in [5, 5.41) is 0. The fourth-order valence-corrected chi connectivity index (χ4v) is 5.03. The van der Waals surface area contributed by atoms with E-state index in [1.54, 1.807) is 4.90 Å². The molecule has 1 aromatic rings. The Morgan fingerprint density at radius 2 is 1.67 bits per heavy atom. The Kier molecular flexibility index (Phi) is 4.21. The first kappa shape index (κ1) is 18.0. The average molecular weight is 366 g/mol. The number of fused-ring (bicyclic) bond motifs is 2. The molecule has 4 rings (SSSR count). The van der Waals surface area contributed by atoms with Crippen LogP contribution in [-0.4, -0.2) is 34.7 Å². The molecule has 0 bridgehead atoms. The summed E-state index contributed by atoms with van der Waals surface area (Å²) in [6, 6.07) is 7.79. The van der Waals surface area contributed by atoms with Crippen LogP contribution >= 0.6 is 0 Å². The zero-order valence-corrected chi connectivity index (χ0v) is 16.2. The standard InChI is InChI=1S/C22H26N2O3/c1-14-12-22(2,3)24(18-11-7-6-8-15(14)18)19(25)13-23-20(26)16-9-4-5-10-17(16)21(23)27/h6-8,11-12,16-17H,4-5,9-10,13H2,1-3H3/t16-,17-/m0/s1. The minimum atomic E-state index is -0.520. The van der Waals surface area contributed by atoms with Gasteiger partial charge in [0.1, 0.15) is 6.54 Å². The van der Waals surface area contributed by atoms with E-state index in [2.05, 4.69) is 6.08 Å². The van der Waals surface area contributed by atoms with Gasteiger partial charge in [0.25, 0.3) is 0 Å². The van der Waals surface area contributed by atoms with Crippen molar-refractivity contribution in [1.29, 1.82) is 0 Å². The van der Waals surface area contributed by atoms with Crippen LogP contribution < -0.4 is 4.90 Å². The van der Waals surface area contributed by atoms with Crippen molar-refractivity contribution in [2.24, 2.45) is 11.8 Å². The quantitative estimate of drug-likeness (QED) is 0.754. The Labute approximate surface area is 160 Å². The van der Waals surface area contributed by atoms with Gasteiger partial charge in [-0.05, 0) is 45.3 Å². The van der Waals surface area contributed by atoms with Gasteiger partial charge in [-0.1, -0.05) is 37.1 Å². The Balaban J connectivity index is 1.63. The summed E-state index contributed by atoms with van der Waals surface area (Å²) in [6.45, 7) is 5.84. The smallest absolute Gasteiger partial charge is 0.247 e. The first-order valence-corrected chi connectivity index (χ1v) is 9.78. The summed E-state index contributed by atoms with van der Waals surface area (Å²) in [5.41, 5.74) is 2.45. The molecule has 2 fully saturated rings.